The number of piperidine rings is 1. The highest BCUT2D eigenvalue weighted by Gasteiger charge is 2.28. The molecule has 0 aliphatic carbocycles. The number of hydrogen-bond acceptors (Lipinski definition) is 3. The highest BCUT2D eigenvalue weighted by Crippen LogP contribution is 2.28. The molecule has 0 radical (unpaired) electrons. The average Bonchev–Trinajstić information content (AvgIpc) is 2.27. The average molecular weight is 233 g/mol. The van der Waals surface area contributed by atoms with Crippen LogP contribution >= 0.6 is 0 Å². The molecule has 17 heavy (non-hydrogen) atoms. The molecule has 1 unspecified atom stereocenters. The third kappa shape index (κ3) is 2.67. The standard InChI is InChI=1S/C14H19NO2/c1-11-8-12(9-16)4-5-13(11)15-7-3-6-14(2,17)10-15/h4-5,8-9,17H,3,6-7,10H2,1-2H3. The summed E-state index contributed by atoms with van der Waals surface area (Å²) < 4.78 is 0. The third-order valence-corrected chi connectivity index (χ3v) is 3.37. The Morgan fingerprint density at radius 2 is 2.24 bits per heavy atom. The van der Waals surface area contributed by atoms with E-state index in [-0.39, 0.29) is 0 Å². The molecule has 0 aromatic heterocycles. The van der Waals surface area contributed by atoms with Crippen molar-refractivity contribution in [1.29, 1.82) is 0 Å². The first kappa shape index (κ1) is 12.1. The van der Waals surface area contributed by atoms with Crippen LogP contribution in [0.5, 0.6) is 0 Å². The number of carbonyl (C=O) groups is 1. The topological polar surface area (TPSA) is 40.5 Å². The van der Waals surface area contributed by atoms with Crippen LogP contribution < -0.4 is 4.90 Å². The number of aryl methyl sites for hydroxylation is 1. The number of aldehydes is 1. The summed E-state index contributed by atoms with van der Waals surface area (Å²) in [6.07, 6.45) is 2.72. The van der Waals surface area contributed by atoms with E-state index in [1.807, 2.05) is 32.0 Å². The molecule has 1 atom stereocenters. The minimum absolute atomic E-state index is 0.603. The summed E-state index contributed by atoms with van der Waals surface area (Å²) in [6, 6.07) is 5.70. The van der Waals surface area contributed by atoms with Gasteiger partial charge in [-0.15, -0.1) is 0 Å². The number of β-amino-alcohol motifs (C(OH)–C–C–N with tert-alkyl or cyclic N) is 1. The van der Waals surface area contributed by atoms with Crippen LogP contribution in [0.4, 0.5) is 5.69 Å². The maximum Gasteiger partial charge on any atom is 0.150 e. The van der Waals surface area contributed by atoms with Gasteiger partial charge in [0.25, 0.3) is 0 Å². The molecule has 2 rings (SSSR count). The molecule has 92 valence electrons. The van der Waals surface area contributed by atoms with Crippen molar-refractivity contribution in [2.75, 3.05) is 18.0 Å². The van der Waals surface area contributed by atoms with E-state index >= 15 is 0 Å². The molecule has 1 saturated heterocycles. The lowest BCUT2D eigenvalue weighted by Crippen LogP contribution is -2.46. The van der Waals surface area contributed by atoms with E-state index in [1.165, 1.54) is 0 Å². The first-order valence-corrected chi connectivity index (χ1v) is 6.05. The largest absolute Gasteiger partial charge is 0.388 e. The van der Waals surface area contributed by atoms with Gasteiger partial charge < -0.3 is 10.0 Å². The Balaban J connectivity index is 2.25. The summed E-state index contributed by atoms with van der Waals surface area (Å²) in [7, 11) is 0. The Morgan fingerprint density at radius 1 is 1.47 bits per heavy atom. The Bertz CT molecular complexity index is 426. The van der Waals surface area contributed by atoms with E-state index in [1.54, 1.807) is 0 Å². The maximum atomic E-state index is 10.7. The van der Waals surface area contributed by atoms with Crippen LogP contribution in [0.2, 0.25) is 0 Å². The Labute approximate surface area is 102 Å². The van der Waals surface area contributed by atoms with Gasteiger partial charge in [-0.25, -0.2) is 0 Å². The summed E-state index contributed by atoms with van der Waals surface area (Å²) >= 11 is 0. The summed E-state index contributed by atoms with van der Waals surface area (Å²) in [4.78, 5) is 12.9. The number of anilines is 1. The molecular weight excluding hydrogens is 214 g/mol. The van der Waals surface area contributed by atoms with Gasteiger partial charge in [0.15, 0.2) is 0 Å². The Morgan fingerprint density at radius 3 is 2.82 bits per heavy atom. The number of aliphatic hydroxyl groups is 1. The van der Waals surface area contributed by atoms with E-state index < -0.39 is 5.60 Å². The van der Waals surface area contributed by atoms with E-state index in [0.717, 1.165) is 36.9 Å². The predicted octanol–water partition coefficient (Wildman–Crippen LogP) is 2.16. The molecule has 3 nitrogen and oxygen atoms in total. The molecule has 1 aromatic rings. The molecule has 0 bridgehead atoms. The number of rotatable bonds is 2. The van der Waals surface area contributed by atoms with Crippen LogP contribution in [0.25, 0.3) is 0 Å². The van der Waals surface area contributed by atoms with E-state index in [4.69, 9.17) is 0 Å². The molecule has 1 N–H and O–H groups in total. The molecule has 1 aliphatic rings. The summed E-state index contributed by atoms with van der Waals surface area (Å²) in [6.45, 7) is 5.52. The highest BCUT2D eigenvalue weighted by atomic mass is 16.3. The molecule has 3 heteroatoms. The van der Waals surface area contributed by atoms with Crippen molar-refractivity contribution < 1.29 is 9.90 Å². The van der Waals surface area contributed by atoms with Gasteiger partial charge in [0.1, 0.15) is 6.29 Å². The Hall–Kier alpha value is -1.35. The molecule has 1 aliphatic heterocycles. The van der Waals surface area contributed by atoms with Crippen molar-refractivity contribution in [2.24, 2.45) is 0 Å². The van der Waals surface area contributed by atoms with Gasteiger partial charge in [-0.1, -0.05) is 0 Å². The zero-order valence-electron chi connectivity index (χ0n) is 10.4. The molecule has 0 spiro atoms. The van der Waals surface area contributed by atoms with E-state index in [2.05, 4.69) is 4.90 Å². The van der Waals surface area contributed by atoms with Crippen molar-refractivity contribution in [3.05, 3.63) is 29.3 Å². The molecule has 1 heterocycles. The lowest BCUT2D eigenvalue weighted by Gasteiger charge is -2.39. The minimum atomic E-state index is -0.603. The third-order valence-electron chi connectivity index (χ3n) is 3.37. The summed E-state index contributed by atoms with van der Waals surface area (Å²) in [5, 5.41) is 10.1. The number of hydrogen-bond donors (Lipinski definition) is 1. The number of nitrogens with zero attached hydrogens (tertiary/aromatic N) is 1. The fraction of sp³-hybridized carbons (Fsp3) is 0.500. The van der Waals surface area contributed by atoms with Crippen LogP contribution in [-0.4, -0.2) is 30.1 Å². The molecule has 1 fully saturated rings. The van der Waals surface area contributed by atoms with Crippen molar-refractivity contribution in [3.63, 3.8) is 0 Å². The van der Waals surface area contributed by atoms with Gasteiger partial charge in [0.05, 0.1) is 5.60 Å². The van der Waals surface area contributed by atoms with E-state index in [9.17, 15) is 9.90 Å². The second-order valence-electron chi connectivity index (χ2n) is 5.19. The van der Waals surface area contributed by atoms with Crippen LogP contribution in [0.3, 0.4) is 0 Å². The van der Waals surface area contributed by atoms with Gasteiger partial charge in [-0.05, 0) is 50.5 Å². The molecule has 0 amide bonds. The quantitative estimate of drug-likeness (QED) is 0.796. The van der Waals surface area contributed by atoms with Crippen LogP contribution in [-0.2, 0) is 0 Å². The number of carbonyl (C=O) groups excluding carboxylic acids is 1. The van der Waals surface area contributed by atoms with Crippen LogP contribution in [0.15, 0.2) is 18.2 Å². The SMILES string of the molecule is Cc1cc(C=O)ccc1N1CCCC(C)(O)C1. The van der Waals surface area contributed by atoms with Crippen LogP contribution in [0.1, 0.15) is 35.7 Å². The van der Waals surface area contributed by atoms with Crippen molar-refractivity contribution in [2.45, 2.75) is 32.3 Å². The van der Waals surface area contributed by atoms with Gasteiger partial charge >= 0.3 is 0 Å². The summed E-state index contributed by atoms with van der Waals surface area (Å²) in [5.41, 5.74) is 2.31. The van der Waals surface area contributed by atoms with Crippen molar-refractivity contribution in [3.8, 4) is 0 Å². The minimum Gasteiger partial charge on any atom is -0.388 e. The Kier molecular flexibility index (Phi) is 3.20. The molecular formula is C14H19NO2. The lowest BCUT2D eigenvalue weighted by molar-refractivity contribution is 0.0449. The predicted molar refractivity (Wildman–Crippen MR) is 68.6 cm³/mol. The fourth-order valence-corrected chi connectivity index (χ4v) is 2.53. The maximum absolute atomic E-state index is 10.7. The highest BCUT2D eigenvalue weighted by molar-refractivity contribution is 5.77. The molecule has 0 saturated carbocycles. The van der Waals surface area contributed by atoms with Gasteiger partial charge in [-0.3, -0.25) is 4.79 Å². The monoisotopic (exact) mass is 233 g/mol. The second kappa shape index (κ2) is 4.49. The first-order valence-electron chi connectivity index (χ1n) is 6.05. The van der Waals surface area contributed by atoms with Gasteiger partial charge in [-0.2, -0.15) is 0 Å². The second-order valence-corrected chi connectivity index (χ2v) is 5.19. The van der Waals surface area contributed by atoms with Crippen molar-refractivity contribution in [1.82, 2.24) is 0 Å². The van der Waals surface area contributed by atoms with Gasteiger partial charge in [0, 0.05) is 24.3 Å². The smallest absolute Gasteiger partial charge is 0.150 e. The van der Waals surface area contributed by atoms with Crippen molar-refractivity contribution >= 4 is 12.0 Å². The fourth-order valence-electron chi connectivity index (χ4n) is 2.53. The lowest BCUT2D eigenvalue weighted by atomic mass is 9.94. The van der Waals surface area contributed by atoms with Crippen LogP contribution in [0, 0.1) is 6.92 Å². The normalized spacial score (nSPS) is 24.8. The zero-order chi connectivity index (χ0) is 12.5. The first-order chi connectivity index (χ1) is 8.02. The molecule has 1 aromatic carbocycles. The summed E-state index contributed by atoms with van der Waals surface area (Å²) in [5.74, 6) is 0. The van der Waals surface area contributed by atoms with E-state index in [0.29, 0.717) is 12.1 Å². The number of benzene rings is 1. The zero-order valence-corrected chi connectivity index (χ0v) is 10.4. The van der Waals surface area contributed by atoms with Gasteiger partial charge in [0.2, 0.25) is 0 Å².